The Bertz CT molecular complexity index is 388. The molecule has 1 fully saturated rings. The summed E-state index contributed by atoms with van der Waals surface area (Å²) < 4.78 is 4.47. The summed E-state index contributed by atoms with van der Waals surface area (Å²) in [7, 11) is 4.32. The largest absolute Gasteiger partial charge is 0.345 e. The Labute approximate surface area is 114 Å². The lowest BCUT2D eigenvalue weighted by atomic mass is 10.1. The highest BCUT2D eigenvalue weighted by Gasteiger charge is 2.32. The molecule has 0 amide bonds. The van der Waals surface area contributed by atoms with Gasteiger partial charge in [0, 0.05) is 37.1 Å². The molecule has 1 aliphatic heterocycles. The van der Waals surface area contributed by atoms with Crippen molar-refractivity contribution in [2.75, 3.05) is 32.1 Å². The lowest BCUT2D eigenvalue weighted by molar-refractivity contribution is 0.266. The fraction of sp³-hybridized carbons (Fsp3) is 0.846. The quantitative estimate of drug-likeness (QED) is 0.837. The number of rotatable bonds is 4. The zero-order valence-corrected chi connectivity index (χ0v) is 12.9. The van der Waals surface area contributed by atoms with Crippen LogP contribution in [0.4, 0.5) is 5.13 Å². The summed E-state index contributed by atoms with van der Waals surface area (Å²) in [5.74, 6) is 2.32. The molecule has 102 valence electrons. The molecule has 0 aromatic carbocycles. The summed E-state index contributed by atoms with van der Waals surface area (Å²) in [6.45, 7) is 8.91. The van der Waals surface area contributed by atoms with Crippen LogP contribution in [-0.2, 0) is 6.42 Å². The first-order chi connectivity index (χ1) is 8.47. The summed E-state index contributed by atoms with van der Waals surface area (Å²) in [6.07, 6.45) is 0.983. The molecule has 0 spiro atoms. The van der Waals surface area contributed by atoms with E-state index >= 15 is 0 Å². The number of hydrogen-bond acceptors (Lipinski definition) is 5. The first-order valence-corrected chi connectivity index (χ1v) is 7.48. The van der Waals surface area contributed by atoms with E-state index in [1.165, 1.54) is 0 Å². The van der Waals surface area contributed by atoms with Gasteiger partial charge in [0.1, 0.15) is 5.82 Å². The molecular weight excluding hydrogens is 244 g/mol. The van der Waals surface area contributed by atoms with E-state index < -0.39 is 0 Å². The molecule has 1 aromatic rings. The van der Waals surface area contributed by atoms with Gasteiger partial charge in [0.15, 0.2) is 0 Å². The van der Waals surface area contributed by atoms with Crippen molar-refractivity contribution in [2.45, 2.75) is 33.2 Å². The van der Waals surface area contributed by atoms with Gasteiger partial charge in [-0.25, -0.2) is 4.98 Å². The third kappa shape index (κ3) is 3.01. The van der Waals surface area contributed by atoms with Crippen LogP contribution in [0.2, 0.25) is 0 Å². The van der Waals surface area contributed by atoms with Gasteiger partial charge in [0.25, 0.3) is 0 Å². The zero-order chi connectivity index (χ0) is 13.3. The van der Waals surface area contributed by atoms with E-state index in [0.717, 1.165) is 30.5 Å². The molecule has 0 radical (unpaired) electrons. The molecule has 18 heavy (non-hydrogen) atoms. The highest BCUT2D eigenvalue weighted by Crippen LogP contribution is 2.27. The van der Waals surface area contributed by atoms with Crippen molar-refractivity contribution in [3.05, 3.63) is 5.82 Å². The fourth-order valence-corrected chi connectivity index (χ4v) is 3.31. The molecule has 4 nitrogen and oxygen atoms in total. The van der Waals surface area contributed by atoms with Gasteiger partial charge in [0.05, 0.1) is 0 Å². The predicted molar refractivity (Wildman–Crippen MR) is 77.3 cm³/mol. The van der Waals surface area contributed by atoms with E-state index in [4.69, 9.17) is 0 Å². The summed E-state index contributed by atoms with van der Waals surface area (Å²) in [5.41, 5.74) is 0. The maximum atomic E-state index is 4.68. The van der Waals surface area contributed by atoms with E-state index in [2.05, 4.69) is 54.0 Å². The Morgan fingerprint density at radius 1 is 1.39 bits per heavy atom. The Kier molecular flexibility index (Phi) is 4.22. The zero-order valence-electron chi connectivity index (χ0n) is 12.1. The fourth-order valence-electron chi connectivity index (χ4n) is 2.60. The van der Waals surface area contributed by atoms with Gasteiger partial charge in [0.2, 0.25) is 5.13 Å². The summed E-state index contributed by atoms with van der Waals surface area (Å²) in [6, 6.07) is 0.627. The van der Waals surface area contributed by atoms with Crippen LogP contribution in [0, 0.1) is 11.8 Å². The average Bonchev–Trinajstić information content (AvgIpc) is 2.83. The van der Waals surface area contributed by atoms with Gasteiger partial charge >= 0.3 is 0 Å². The number of aromatic nitrogens is 2. The molecule has 5 heteroatoms. The van der Waals surface area contributed by atoms with E-state index in [-0.39, 0.29) is 0 Å². The first-order valence-electron chi connectivity index (χ1n) is 6.71. The second-order valence-electron chi connectivity index (χ2n) is 6.00. The SMILES string of the molecule is CC(C)Cc1nsc(N2CC(C)C(N(C)C)C2)n1. The Morgan fingerprint density at radius 3 is 2.67 bits per heavy atom. The normalized spacial score (nSPS) is 24.5. The van der Waals surface area contributed by atoms with Crippen molar-refractivity contribution in [3.8, 4) is 0 Å². The molecular formula is C13H24N4S. The number of hydrogen-bond donors (Lipinski definition) is 0. The molecule has 0 bridgehead atoms. The molecule has 2 atom stereocenters. The molecule has 1 aromatic heterocycles. The Morgan fingerprint density at radius 2 is 2.11 bits per heavy atom. The van der Waals surface area contributed by atoms with Crippen LogP contribution in [0.1, 0.15) is 26.6 Å². The molecule has 1 aliphatic rings. The summed E-state index contributed by atoms with van der Waals surface area (Å²) in [5, 5.41) is 1.10. The molecule has 1 saturated heterocycles. The van der Waals surface area contributed by atoms with Gasteiger partial charge in [-0.3, -0.25) is 0 Å². The Balaban J connectivity index is 2.02. The molecule has 0 N–H and O–H groups in total. The number of anilines is 1. The van der Waals surface area contributed by atoms with E-state index in [0.29, 0.717) is 17.9 Å². The maximum Gasteiger partial charge on any atom is 0.205 e. The molecule has 2 heterocycles. The monoisotopic (exact) mass is 268 g/mol. The highest BCUT2D eigenvalue weighted by molar-refractivity contribution is 7.09. The molecule has 2 rings (SSSR count). The van der Waals surface area contributed by atoms with Crippen LogP contribution < -0.4 is 4.90 Å². The average molecular weight is 268 g/mol. The smallest absolute Gasteiger partial charge is 0.205 e. The van der Waals surface area contributed by atoms with Crippen molar-refractivity contribution < 1.29 is 0 Å². The third-order valence-corrected chi connectivity index (χ3v) is 4.37. The van der Waals surface area contributed by atoms with Crippen molar-refractivity contribution >= 4 is 16.7 Å². The van der Waals surface area contributed by atoms with Crippen LogP contribution in [0.25, 0.3) is 0 Å². The minimum Gasteiger partial charge on any atom is -0.345 e. The second-order valence-corrected chi connectivity index (χ2v) is 6.73. The highest BCUT2D eigenvalue weighted by atomic mass is 32.1. The van der Waals surface area contributed by atoms with Gasteiger partial charge in [-0.2, -0.15) is 4.37 Å². The number of nitrogens with zero attached hydrogens (tertiary/aromatic N) is 4. The lowest BCUT2D eigenvalue weighted by Crippen LogP contribution is -2.34. The minimum atomic E-state index is 0.625. The van der Waals surface area contributed by atoms with Crippen molar-refractivity contribution in [3.63, 3.8) is 0 Å². The predicted octanol–water partition coefficient (Wildman–Crippen LogP) is 2.12. The topological polar surface area (TPSA) is 32.3 Å². The van der Waals surface area contributed by atoms with Crippen LogP contribution in [0.15, 0.2) is 0 Å². The number of likely N-dealkylation sites (N-methyl/N-ethyl adjacent to an activating group) is 1. The van der Waals surface area contributed by atoms with Crippen molar-refractivity contribution in [1.82, 2.24) is 14.3 Å². The Hall–Kier alpha value is -0.680. The summed E-state index contributed by atoms with van der Waals surface area (Å²) in [4.78, 5) is 9.38. The lowest BCUT2D eigenvalue weighted by Gasteiger charge is -2.22. The van der Waals surface area contributed by atoms with Gasteiger partial charge < -0.3 is 9.80 Å². The van der Waals surface area contributed by atoms with Gasteiger partial charge in [-0.05, 0) is 25.9 Å². The first kappa shape index (κ1) is 13.7. The standard InChI is InChI=1S/C13H24N4S/c1-9(2)6-12-14-13(18-15-12)17-7-10(3)11(8-17)16(4)5/h9-11H,6-8H2,1-5H3. The van der Waals surface area contributed by atoms with Gasteiger partial charge in [-0.15, -0.1) is 0 Å². The van der Waals surface area contributed by atoms with E-state index in [9.17, 15) is 0 Å². The van der Waals surface area contributed by atoms with Crippen LogP contribution in [0.3, 0.4) is 0 Å². The van der Waals surface area contributed by atoms with Crippen molar-refractivity contribution in [1.29, 1.82) is 0 Å². The minimum absolute atomic E-state index is 0.625. The van der Waals surface area contributed by atoms with Crippen LogP contribution in [-0.4, -0.2) is 47.5 Å². The third-order valence-electron chi connectivity index (χ3n) is 3.55. The van der Waals surface area contributed by atoms with Gasteiger partial charge in [-0.1, -0.05) is 20.8 Å². The second kappa shape index (κ2) is 5.53. The molecule has 0 saturated carbocycles. The maximum absolute atomic E-state index is 4.68. The van der Waals surface area contributed by atoms with E-state index in [1.54, 1.807) is 11.5 Å². The van der Waals surface area contributed by atoms with Crippen molar-refractivity contribution in [2.24, 2.45) is 11.8 Å². The van der Waals surface area contributed by atoms with Crippen LogP contribution >= 0.6 is 11.5 Å². The van der Waals surface area contributed by atoms with Crippen LogP contribution in [0.5, 0.6) is 0 Å². The summed E-state index contributed by atoms with van der Waals surface area (Å²) >= 11 is 1.55. The molecule has 0 aliphatic carbocycles. The molecule has 2 unspecified atom stereocenters. The van der Waals surface area contributed by atoms with E-state index in [1.807, 2.05) is 0 Å².